The van der Waals surface area contributed by atoms with Crippen molar-refractivity contribution in [1.29, 1.82) is 0 Å². The molecule has 0 unspecified atom stereocenters. The number of hydrogen-bond acceptors (Lipinski definition) is 4. The first-order chi connectivity index (χ1) is 9.51. The van der Waals surface area contributed by atoms with Gasteiger partial charge in [-0.2, -0.15) is 0 Å². The number of anilines is 3. The van der Waals surface area contributed by atoms with Crippen LogP contribution in [0.2, 0.25) is 0 Å². The summed E-state index contributed by atoms with van der Waals surface area (Å²) in [6, 6.07) is 11.1. The highest BCUT2D eigenvalue weighted by Gasteiger charge is 2.08. The second-order valence-electron chi connectivity index (χ2n) is 4.72. The maximum absolute atomic E-state index is 11.5. The van der Waals surface area contributed by atoms with Crippen molar-refractivity contribution in [2.24, 2.45) is 0 Å². The number of aryl methyl sites for hydroxylation is 2. The minimum Gasteiger partial charge on any atom is -0.465 e. The molecule has 0 amide bonds. The second kappa shape index (κ2) is 5.65. The molecule has 104 valence electrons. The number of nitrogen functional groups attached to an aromatic ring is 1. The number of benzene rings is 2. The number of hydrogen-bond donors (Lipinski definition) is 2. The maximum Gasteiger partial charge on any atom is 0.337 e. The van der Waals surface area contributed by atoms with E-state index in [-0.39, 0.29) is 5.97 Å². The normalized spacial score (nSPS) is 10.2. The molecule has 0 aliphatic heterocycles. The van der Waals surface area contributed by atoms with Gasteiger partial charge in [-0.15, -0.1) is 0 Å². The van der Waals surface area contributed by atoms with E-state index >= 15 is 0 Å². The van der Waals surface area contributed by atoms with E-state index in [0.29, 0.717) is 16.9 Å². The number of methoxy groups -OCH3 is 1. The molecule has 0 aromatic heterocycles. The lowest BCUT2D eigenvalue weighted by Crippen LogP contribution is -2.04. The lowest BCUT2D eigenvalue weighted by Gasteiger charge is -2.12. The van der Waals surface area contributed by atoms with Gasteiger partial charge in [-0.05, 0) is 55.3 Å². The first kappa shape index (κ1) is 13.9. The molecular weight excluding hydrogens is 252 g/mol. The average Bonchev–Trinajstić information content (AvgIpc) is 2.44. The highest BCUT2D eigenvalue weighted by molar-refractivity contribution is 5.92. The number of nitrogens with one attached hydrogen (secondary N) is 1. The number of ether oxygens (including phenoxy) is 1. The first-order valence-corrected chi connectivity index (χ1v) is 6.33. The van der Waals surface area contributed by atoms with E-state index < -0.39 is 0 Å². The molecule has 0 aliphatic rings. The third-order valence-electron chi connectivity index (χ3n) is 3.26. The van der Waals surface area contributed by atoms with Crippen LogP contribution < -0.4 is 11.1 Å². The van der Waals surface area contributed by atoms with Gasteiger partial charge in [-0.3, -0.25) is 0 Å². The number of nitrogens with two attached hydrogens (primary N) is 1. The fraction of sp³-hybridized carbons (Fsp3) is 0.188. The summed E-state index contributed by atoms with van der Waals surface area (Å²) in [7, 11) is 1.36. The van der Waals surface area contributed by atoms with Gasteiger partial charge in [0.15, 0.2) is 0 Å². The Balaban J connectivity index is 2.32. The summed E-state index contributed by atoms with van der Waals surface area (Å²) in [5.74, 6) is -0.381. The van der Waals surface area contributed by atoms with Crippen LogP contribution in [0.5, 0.6) is 0 Å². The predicted molar refractivity (Wildman–Crippen MR) is 81.4 cm³/mol. The Bertz CT molecular complexity index is 651. The fourth-order valence-corrected chi connectivity index (χ4v) is 1.88. The maximum atomic E-state index is 11.5. The molecular formula is C16H18N2O2. The van der Waals surface area contributed by atoms with Crippen molar-refractivity contribution in [3.8, 4) is 0 Å². The zero-order valence-corrected chi connectivity index (χ0v) is 11.9. The van der Waals surface area contributed by atoms with Crippen LogP contribution in [-0.4, -0.2) is 13.1 Å². The van der Waals surface area contributed by atoms with Gasteiger partial charge >= 0.3 is 5.97 Å². The van der Waals surface area contributed by atoms with Crippen LogP contribution in [0.3, 0.4) is 0 Å². The Morgan fingerprint density at radius 2 is 1.85 bits per heavy atom. The molecule has 4 heteroatoms. The highest BCUT2D eigenvalue weighted by Crippen LogP contribution is 2.25. The van der Waals surface area contributed by atoms with Crippen molar-refractivity contribution >= 4 is 23.0 Å². The van der Waals surface area contributed by atoms with Crippen molar-refractivity contribution in [1.82, 2.24) is 0 Å². The predicted octanol–water partition coefficient (Wildman–Crippen LogP) is 3.42. The summed E-state index contributed by atoms with van der Waals surface area (Å²) in [6.45, 7) is 4.11. The monoisotopic (exact) mass is 270 g/mol. The molecule has 0 spiro atoms. The molecule has 0 fully saturated rings. The van der Waals surface area contributed by atoms with E-state index in [0.717, 1.165) is 5.69 Å². The minimum absolute atomic E-state index is 0.381. The van der Waals surface area contributed by atoms with Gasteiger partial charge in [0.05, 0.1) is 24.0 Å². The fourth-order valence-electron chi connectivity index (χ4n) is 1.88. The topological polar surface area (TPSA) is 64.3 Å². The molecule has 2 aromatic carbocycles. The third-order valence-corrected chi connectivity index (χ3v) is 3.26. The average molecular weight is 270 g/mol. The zero-order chi connectivity index (χ0) is 14.7. The highest BCUT2D eigenvalue weighted by atomic mass is 16.5. The van der Waals surface area contributed by atoms with Gasteiger partial charge in [-0.25, -0.2) is 4.79 Å². The second-order valence-corrected chi connectivity index (χ2v) is 4.72. The Hall–Kier alpha value is -2.49. The van der Waals surface area contributed by atoms with Crippen LogP contribution in [0.25, 0.3) is 0 Å². The van der Waals surface area contributed by atoms with E-state index in [1.807, 2.05) is 18.2 Å². The van der Waals surface area contributed by atoms with Crippen LogP contribution in [-0.2, 0) is 4.74 Å². The lowest BCUT2D eigenvalue weighted by atomic mass is 10.1. The van der Waals surface area contributed by atoms with Crippen LogP contribution in [0.1, 0.15) is 21.5 Å². The summed E-state index contributed by atoms with van der Waals surface area (Å²) < 4.78 is 4.71. The van der Waals surface area contributed by atoms with Crippen LogP contribution in [0.15, 0.2) is 36.4 Å². The number of rotatable bonds is 3. The molecule has 0 atom stereocenters. The number of esters is 1. The van der Waals surface area contributed by atoms with Crippen molar-refractivity contribution in [3.05, 3.63) is 53.1 Å². The Morgan fingerprint density at radius 1 is 1.10 bits per heavy atom. The van der Waals surface area contributed by atoms with Crippen molar-refractivity contribution < 1.29 is 9.53 Å². The van der Waals surface area contributed by atoms with Gasteiger partial charge in [0.1, 0.15) is 0 Å². The molecule has 3 N–H and O–H groups in total. The van der Waals surface area contributed by atoms with Crippen molar-refractivity contribution in [2.45, 2.75) is 13.8 Å². The number of carbonyl (C=O) groups excluding carboxylic acids is 1. The van der Waals surface area contributed by atoms with Gasteiger partial charge in [-0.1, -0.05) is 6.07 Å². The molecule has 2 aromatic rings. The summed E-state index contributed by atoms with van der Waals surface area (Å²) >= 11 is 0. The van der Waals surface area contributed by atoms with E-state index in [4.69, 9.17) is 10.5 Å². The summed E-state index contributed by atoms with van der Waals surface area (Å²) in [5.41, 5.74) is 11.0. The van der Waals surface area contributed by atoms with Crippen LogP contribution >= 0.6 is 0 Å². The standard InChI is InChI=1S/C16H18N2O2/c1-10-4-6-13(8-11(10)2)18-15-9-12(16(19)20-3)5-7-14(15)17/h4-9,18H,17H2,1-3H3. The van der Waals surface area contributed by atoms with E-state index in [9.17, 15) is 4.79 Å². The molecule has 4 nitrogen and oxygen atoms in total. The Morgan fingerprint density at radius 3 is 2.50 bits per heavy atom. The largest absolute Gasteiger partial charge is 0.465 e. The van der Waals surface area contributed by atoms with E-state index in [2.05, 4.69) is 19.2 Å². The third kappa shape index (κ3) is 2.91. The van der Waals surface area contributed by atoms with E-state index in [1.165, 1.54) is 18.2 Å². The molecule has 20 heavy (non-hydrogen) atoms. The van der Waals surface area contributed by atoms with Crippen LogP contribution in [0.4, 0.5) is 17.1 Å². The molecule has 0 radical (unpaired) electrons. The zero-order valence-electron chi connectivity index (χ0n) is 11.9. The summed E-state index contributed by atoms with van der Waals surface area (Å²) in [4.78, 5) is 11.5. The van der Waals surface area contributed by atoms with Gasteiger partial charge < -0.3 is 15.8 Å². The SMILES string of the molecule is COC(=O)c1ccc(N)c(Nc2ccc(C)c(C)c2)c1. The smallest absolute Gasteiger partial charge is 0.337 e. The first-order valence-electron chi connectivity index (χ1n) is 6.33. The minimum atomic E-state index is -0.381. The van der Waals surface area contributed by atoms with E-state index in [1.54, 1.807) is 18.2 Å². The van der Waals surface area contributed by atoms with Gasteiger partial charge in [0.25, 0.3) is 0 Å². The molecule has 2 rings (SSSR count). The lowest BCUT2D eigenvalue weighted by molar-refractivity contribution is 0.0601. The van der Waals surface area contributed by atoms with Crippen molar-refractivity contribution in [2.75, 3.05) is 18.2 Å². The summed E-state index contributed by atoms with van der Waals surface area (Å²) in [6.07, 6.45) is 0. The van der Waals surface area contributed by atoms with Crippen LogP contribution in [0, 0.1) is 13.8 Å². The summed E-state index contributed by atoms with van der Waals surface area (Å²) in [5, 5.41) is 3.23. The quantitative estimate of drug-likeness (QED) is 0.662. The van der Waals surface area contributed by atoms with Gasteiger partial charge in [0, 0.05) is 5.69 Å². The van der Waals surface area contributed by atoms with Gasteiger partial charge in [0.2, 0.25) is 0 Å². The molecule has 0 heterocycles. The molecule has 0 saturated heterocycles. The molecule has 0 bridgehead atoms. The number of carbonyl (C=O) groups is 1. The molecule has 0 aliphatic carbocycles. The Labute approximate surface area is 118 Å². The molecule has 0 saturated carbocycles. The Kier molecular flexibility index (Phi) is 3.94. The van der Waals surface area contributed by atoms with Crippen molar-refractivity contribution in [3.63, 3.8) is 0 Å².